The van der Waals surface area contributed by atoms with Crippen LogP contribution in [-0.4, -0.2) is 14.7 Å². The van der Waals surface area contributed by atoms with E-state index in [4.69, 9.17) is 0 Å². The molecule has 80 valence electrons. The highest BCUT2D eigenvalue weighted by Crippen LogP contribution is 2.14. The minimum absolute atomic E-state index is 0.421. The lowest BCUT2D eigenvalue weighted by atomic mass is 10.0. The van der Waals surface area contributed by atoms with Gasteiger partial charge in [0.25, 0.3) is 0 Å². The van der Waals surface area contributed by atoms with E-state index >= 15 is 0 Å². The molecule has 3 heteroatoms. The third-order valence-corrected chi connectivity index (χ3v) is 2.41. The fourth-order valence-corrected chi connectivity index (χ4v) is 1.43. The fourth-order valence-electron chi connectivity index (χ4n) is 1.13. The molecule has 0 bridgehead atoms. The maximum Gasteiger partial charge on any atom is 0.214 e. The molecular formula is C12H14O2S. The van der Waals surface area contributed by atoms with E-state index in [9.17, 15) is 8.42 Å². The van der Waals surface area contributed by atoms with E-state index in [1.165, 1.54) is 0 Å². The molecule has 0 N–H and O–H groups in total. The summed E-state index contributed by atoms with van der Waals surface area (Å²) < 4.78 is 21.7. The van der Waals surface area contributed by atoms with Gasteiger partial charge in [-0.05, 0) is 23.6 Å². The highest BCUT2D eigenvalue weighted by molar-refractivity contribution is 7.95. The van der Waals surface area contributed by atoms with Crippen LogP contribution in [0.4, 0.5) is 0 Å². The minimum Gasteiger partial charge on any atom is -0.216 e. The van der Waals surface area contributed by atoms with Crippen LogP contribution in [-0.2, 0) is 9.84 Å². The van der Waals surface area contributed by atoms with Crippen molar-refractivity contribution in [2.24, 2.45) is 0 Å². The normalized spacial score (nSPS) is 10.9. The maximum atomic E-state index is 10.8. The van der Waals surface area contributed by atoms with Crippen molar-refractivity contribution < 1.29 is 8.42 Å². The Hall–Kier alpha value is -1.27. The lowest BCUT2D eigenvalue weighted by Crippen LogP contribution is -1.90. The predicted molar refractivity (Wildman–Crippen MR) is 62.3 cm³/mol. The van der Waals surface area contributed by atoms with Crippen LogP contribution in [0.1, 0.15) is 30.9 Å². The Balaban J connectivity index is 3.06. The first kappa shape index (κ1) is 11.8. The Labute approximate surface area is 91.2 Å². The monoisotopic (exact) mass is 222 g/mol. The summed E-state index contributed by atoms with van der Waals surface area (Å²) in [5.41, 5.74) is 1.90. The van der Waals surface area contributed by atoms with Crippen LogP contribution in [0.15, 0.2) is 24.3 Å². The number of hydrogen-bond donors (Lipinski definition) is 0. The average molecular weight is 222 g/mol. The first-order valence-corrected chi connectivity index (χ1v) is 6.60. The Kier molecular flexibility index (Phi) is 3.54. The lowest BCUT2D eigenvalue weighted by molar-refractivity contribution is 0.611. The van der Waals surface area contributed by atoms with Gasteiger partial charge in [0.2, 0.25) is 9.84 Å². The molecule has 1 rings (SSSR count). The van der Waals surface area contributed by atoms with Crippen LogP contribution >= 0.6 is 0 Å². The summed E-state index contributed by atoms with van der Waals surface area (Å²) in [6.07, 6.45) is 1.10. The zero-order valence-corrected chi connectivity index (χ0v) is 9.93. The van der Waals surface area contributed by atoms with Crippen molar-refractivity contribution in [3.8, 4) is 11.2 Å². The third-order valence-electron chi connectivity index (χ3n) is 1.93. The molecule has 0 fully saturated rings. The summed E-state index contributed by atoms with van der Waals surface area (Å²) in [5.74, 6) is 3.06. The van der Waals surface area contributed by atoms with Crippen molar-refractivity contribution in [1.29, 1.82) is 0 Å². The summed E-state index contributed by atoms with van der Waals surface area (Å²) in [6, 6.07) is 7.63. The molecule has 0 aliphatic carbocycles. The molecule has 0 saturated heterocycles. The number of benzene rings is 1. The molecule has 0 atom stereocenters. The summed E-state index contributed by atoms with van der Waals surface area (Å²) in [7, 11) is -3.22. The quantitative estimate of drug-likeness (QED) is 0.682. The molecule has 0 aliphatic rings. The molecule has 15 heavy (non-hydrogen) atoms. The zero-order chi connectivity index (χ0) is 11.5. The van der Waals surface area contributed by atoms with E-state index in [0.717, 1.165) is 17.4 Å². The Morgan fingerprint density at radius 3 is 2.47 bits per heavy atom. The second kappa shape index (κ2) is 4.50. The van der Waals surface area contributed by atoms with Crippen molar-refractivity contribution in [2.45, 2.75) is 19.8 Å². The Bertz CT molecular complexity index is 502. The van der Waals surface area contributed by atoms with E-state index < -0.39 is 9.84 Å². The zero-order valence-electron chi connectivity index (χ0n) is 9.11. The van der Waals surface area contributed by atoms with Gasteiger partial charge in [-0.1, -0.05) is 31.9 Å². The van der Waals surface area contributed by atoms with Crippen LogP contribution in [0, 0.1) is 11.2 Å². The summed E-state index contributed by atoms with van der Waals surface area (Å²) in [6.45, 7) is 4.17. The second-order valence-corrected chi connectivity index (χ2v) is 5.53. The first-order chi connectivity index (χ1) is 6.88. The predicted octanol–water partition coefficient (Wildman–Crippen LogP) is 2.16. The van der Waals surface area contributed by atoms with E-state index in [2.05, 4.69) is 25.0 Å². The molecule has 1 aromatic rings. The molecule has 0 saturated carbocycles. The van der Waals surface area contributed by atoms with Gasteiger partial charge in [0, 0.05) is 10.8 Å². The number of rotatable bonds is 1. The minimum atomic E-state index is -3.22. The fraction of sp³-hybridized carbons (Fsp3) is 0.333. The van der Waals surface area contributed by atoms with E-state index in [1.807, 2.05) is 24.3 Å². The molecule has 0 aromatic heterocycles. The van der Waals surface area contributed by atoms with Gasteiger partial charge in [-0.2, -0.15) is 0 Å². The molecule has 0 spiro atoms. The van der Waals surface area contributed by atoms with Crippen molar-refractivity contribution in [1.82, 2.24) is 0 Å². The van der Waals surface area contributed by atoms with Gasteiger partial charge >= 0.3 is 0 Å². The molecule has 0 heterocycles. The first-order valence-electron chi connectivity index (χ1n) is 4.71. The van der Waals surface area contributed by atoms with E-state index in [0.29, 0.717) is 5.92 Å². The topological polar surface area (TPSA) is 34.1 Å². The molecule has 0 radical (unpaired) electrons. The van der Waals surface area contributed by atoms with Gasteiger partial charge in [-0.3, -0.25) is 0 Å². The number of hydrogen-bond acceptors (Lipinski definition) is 2. The molecule has 1 aromatic carbocycles. The second-order valence-electron chi connectivity index (χ2n) is 3.78. The van der Waals surface area contributed by atoms with Gasteiger partial charge in [-0.25, -0.2) is 8.42 Å². The molecule has 0 unspecified atom stereocenters. The van der Waals surface area contributed by atoms with Crippen molar-refractivity contribution in [2.75, 3.05) is 6.26 Å². The maximum absolute atomic E-state index is 10.8. The highest BCUT2D eigenvalue weighted by Gasteiger charge is 1.99. The highest BCUT2D eigenvalue weighted by atomic mass is 32.2. The molecule has 2 nitrogen and oxygen atoms in total. The smallest absolute Gasteiger partial charge is 0.214 e. The van der Waals surface area contributed by atoms with Gasteiger partial charge in [0.1, 0.15) is 0 Å². The molecular weight excluding hydrogens is 208 g/mol. The largest absolute Gasteiger partial charge is 0.216 e. The van der Waals surface area contributed by atoms with Crippen LogP contribution in [0.25, 0.3) is 0 Å². The van der Waals surface area contributed by atoms with Crippen LogP contribution < -0.4 is 0 Å². The summed E-state index contributed by atoms with van der Waals surface area (Å²) in [4.78, 5) is 0. The molecule has 0 amide bonds. The van der Waals surface area contributed by atoms with Crippen LogP contribution in [0.5, 0.6) is 0 Å². The van der Waals surface area contributed by atoms with Crippen LogP contribution in [0.3, 0.4) is 0 Å². The van der Waals surface area contributed by atoms with Gasteiger partial charge in [-0.15, -0.1) is 0 Å². The van der Waals surface area contributed by atoms with E-state index in [-0.39, 0.29) is 0 Å². The third kappa shape index (κ3) is 4.18. The Morgan fingerprint density at radius 1 is 1.27 bits per heavy atom. The Morgan fingerprint density at radius 2 is 1.93 bits per heavy atom. The van der Waals surface area contributed by atoms with Gasteiger partial charge < -0.3 is 0 Å². The molecule has 0 aliphatic heterocycles. The summed E-state index contributed by atoms with van der Waals surface area (Å²) in [5, 5.41) is 2.23. The van der Waals surface area contributed by atoms with Gasteiger partial charge in [0.15, 0.2) is 0 Å². The van der Waals surface area contributed by atoms with Crippen molar-refractivity contribution in [3.63, 3.8) is 0 Å². The van der Waals surface area contributed by atoms with Gasteiger partial charge in [0.05, 0.1) is 6.26 Å². The standard InChI is InChI=1S/C12H14O2S/c1-10(2)12-6-4-5-11(9-12)7-8-15(3,13)14/h4-6,9-10H,1-3H3. The average Bonchev–Trinajstić information content (AvgIpc) is 2.14. The van der Waals surface area contributed by atoms with E-state index in [1.54, 1.807) is 0 Å². The number of sulfone groups is 1. The summed E-state index contributed by atoms with van der Waals surface area (Å²) >= 11 is 0. The van der Waals surface area contributed by atoms with Crippen molar-refractivity contribution in [3.05, 3.63) is 35.4 Å². The lowest BCUT2D eigenvalue weighted by Gasteiger charge is -2.04. The van der Waals surface area contributed by atoms with Crippen LogP contribution in [0.2, 0.25) is 0 Å². The SMILES string of the molecule is CC(C)c1cccc(C#CS(C)(=O)=O)c1. The van der Waals surface area contributed by atoms with Crippen molar-refractivity contribution >= 4 is 9.84 Å².